The number of amides is 2. The van der Waals surface area contributed by atoms with Crippen molar-refractivity contribution in [3.05, 3.63) is 95.6 Å². The Morgan fingerprint density at radius 1 is 0.833 bits per heavy atom. The zero-order valence-electron chi connectivity index (χ0n) is 17.4. The van der Waals surface area contributed by atoms with E-state index in [0.29, 0.717) is 17.8 Å². The highest BCUT2D eigenvalue weighted by atomic mass is 16.2. The van der Waals surface area contributed by atoms with Crippen LogP contribution in [-0.4, -0.2) is 32.5 Å². The van der Waals surface area contributed by atoms with Crippen molar-refractivity contribution in [3.63, 3.8) is 0 Å². The Bertz CT molecular complexity index is 986. The molecule has 3 rings (SSSR count). The summed E-state index contributed by atoms with van der Waals surface area (Å²) in [7, 11) is 3.79. The molecular formula is C25H27N3O2. The van der Waals surface area contributed by atoms with Gasteiger partial charge in [0.1, 0.15) is 0 Å². The first-order valence-corrected chi connectivity index (χ1v) is 10.00. The maximum absolute atomic E-state index is 12.8. The van der Waals surface area contributed by atoms with Gasteiger partial charge in [-0.2, -0.15) is 0 Å². The molecule has 0 fully saturated rings. The van der Waals surface area contributed by atoms with Crippen molar-refractivity contribution in [3.8, 4) is 0 Å². The van der Waals surface area contributed by atoms with Crippen LogP contribution < -0.4 is 15.5 Å². The van der Waals surface area contributed by atoms with Crippen LogP contribution in [0.2, 0.25) is 0 Å². The fourth-order valence-corrected chi connectivity index (χ4v) is 3.23. The minimum atomic E-state index is -0.159. The Balaban J connectivity index is 1.67. The van der Waals surface area contributed by atoms with Gasteiger partial charge >= 0.3 is 0 Å². The first-order valence-electron chi connectivity index (χ1n) is 10.00. The zero-order valence-corrected chi connectivity index (χ0v) is 17.4. The van der Waals surface area contributed by atoms with Crippen LogP contribution in [-0.2, 0) is 17.6 Å². The summed E-state index contributed by atoms with van der Waals surface area (Å²) in [5.74, 6) is -0.275. The minimum Gasteiger partial charge on any atom is -0.377 e. The van der Waals surface area contributed by atoms with Crippen molar-refractivity contribution in [2.24, 2.45) is 0 Å². The Labute approximate surface area is 177 Å². The van der Waals surface area contributed by atoms with Crippen LogP contribution in [0.15, 0.2) is 78.9 Å². The lowest BCUT2D eigenvalue weighted by atomic mass is 10.1. The van der Waals surface area contributed by atoms with Crippen molar-refractivity contribution in [1.29, 1.82) is 0 Å². The van der Waals surface area contributed by atoms with E-state index in [-0.39, 0.29) is 18.2 Å². The smallest absolute Gasteiger partial charge is 0.253 e. The third-order valence-corrected chi connectivity index (χ3v) is 4.76. The van der Waals surface area contributed by atoms with E-state index >= 15 is 0 Å². The number of benzene rings is 3. The molecule has 154 valence electrons. The molecule has 0 unspecified atom stereocenters. The van der Waals surface area contributed by atoms with E-state index in [1.54, 1.807) is 6.07 Å². The molecule has 5 nitrogen and oxygen atoms in total. The molecule has 0 aliphatic rings. The van der Waals surface area contributed by atoms with Crippen molar-refractivity contribution in [2.75, 3.05) is 30.9 Å². The molecule has 0 saturated carbocycles. The molecule has 0 aliphatic heterocycles. The van der Waals surface area contributed by atoms with Crippen LogP contribution >= 0.6 is 0 Å². The monoisotopic (exact) mass is 401 g/mol. The van der Waals surface area contributed by atoms with Gasteiger partial charge in [0.2, 0.25) is 5.91 Å². The summed E-state index contributed by atoms with van der Waals surface area (Å²) in [4.78, 5) is 27.1. The number of carbonyl (C=O) groups is 2. The molecule has 2 N–H and O–H groups in total. The number of carbonyl (C=O) groups excluding carboxylic acids is 2. The van der Waals surface area contributed by atoms with Gasteiger partial charge in [0.15, 0.2) is 0 Å². The average Bonchev–Trinajstić information content (AvgIpc) is 2.75. The van der Waals surface area contributed by atoms with E-state index in [2.05, 4.69) is 10.6 Å². The number of rotatable bonds is 8. The second-order valence-corrected chi connectivity index (χ2v) is 7.33. The highest BCUT2D eigenvalue weighted by Gasteiger charge is 2.15. The number of anilines is 2. The van der Waals surface area contributed by atoms with Crippen molar-refractivity contribution >= 4 is 23.2 Å². The van der Waals surface area contributed by atoms with E-state index in [1.165, 1.54) is 5.56 Å². The molecule has 0 radical (unpaired) electrons. The van der Waals surface area contributed by atoms with Gasteiger partial charge in [-0.15, -0.1) is 0 Å². The SMILES string of the molecule is CN(C)c1ccc(NC(=O)Cc2ccccc2)cc1C(=O)NCCc1ccccc1. The van der Waals surface area contributed by atoms with Crippen LogP contribution in [0.5, 0.6) is 0 Å². The normalized spacial score (nSPS) is 10.3. The molecule has 3 aromatic rings. The van der Waals surface area contributed by atoms with E-state index in [0.717, 1.165) is 17.7 Å². The van der Waals surface area contributed by atoms with Gasteiger partial charge in [0.25, 0.3) is 5.91 Å². The summed E-state index contributed by atoms with van der Waals surface area (Å²) < 4.78 is 0. The highest BCUT2D eigenvalue weighted by molar-refractivity contribution is 6.02. The highest BCUT2D eigenvalue weighted by Crippen LogP contribution is 2.23. The van der Waals surface area contributed by atoms with Gasteiger partial charge in [0, 0.05) is 32.0 Å². The molecule has 0 spiro atoms. The summed E-state index contributed by atoms with van der Waals surface area (Å²) in [5.41, 5.74) is 4.06. The average molecular weight is 402 g/mol. The van der Waals surface area contributed by atoms with Gasteiger partial charge in [0.05, 0.1) is 12.0 Å². The summed E-state index contributed by atoms with van der Waals surface area (Å²) >= 11 is 0. The summed E-state index contributed by atoms with van der Waals surface area (Å²) in [6.45, 7) is 0.542. The van der Waals surface area contributed by atoms with E-state index in [4.69, 9.17) is 0 Å². The van der Waals surface area contributed by atoms with Crippen LogP contribution in [0, 0.1) is 0 Å². The topological polar surface area (TPSA) is 61.4 Å². The Morgan fingerprint density at radius 3 is 2.10 bits per heavy atom. The number of nitrogens with zero attached hydrogens (tertiary/aromatic N) is 1. The third kappa shape index (κ3) is 5.95. The molecule has 0 bridgehead atoms. The van der Waals surface area contributed by atoms with Crippen LogP contribution in [0.1, 0.15) is 21.5 Å². The number of nitrogens with one attached hydrogen (secondary N) is 2. The maximum Gasteiger partial charge on any atom is 0.253 e. The Kier molecular flexibility index (Phi) is 7.22. The minimum absolute atomic E-state index is 0.116. The molecule has 0 saturated heterocycles. The second-order valence-electron chi connectivity index (χ2n) is 7.33. The molecule has 30 heavy (non-hydrogen) atoms. The van der Waals surface area contributed by atoms with Crippen LogP contribution in [0.25, 0.3) is 0 Å². The number of hydrogen-bond donors (Lipinski definition) is 2. The Morgan fingerprint density at radius 2 is 1.47 bits per heavy atom. The fraction of sp³-hybridized carbons (Fsp3) is 0.200. The van der Waals surface area contributed by atoms with Crippen molar-refractivity contribution in [1.82, 2.24) is 5.32 Å². The molecule has 0 heterocycles. The predicted octanol–water partition coefficient (Wildman–Crippen LogP) is 3.91. The molecule has 0 atom stereocenters. The molecular weight excluding hydrogens is 374 g/mol. The van der Waals surface area contributed by atoms with Crippen molar-refractivity contribution in [2.45, 2.75) is 12.8 Å². The predicted molar refractivity (Wildman–Crippen MR) is 122 cm³/mol. The first-order chi connectivity index (χ1) is 14.5. The number of hydrogen-bond acceptors (Lipinski definition) is 3. The van der Waals surface area contributed by atoms with Gasteiger partial charge < -0.3 is 15.5 Å². The lowest BCUT2D eigenvalue weighted by Crippen LogP contribution is -2.28. The van der Waals surface area contributed by atoms with Gasteiger partial charge in [-0.25, -0.2) is 0 Å². The molecule has 3 aromatic carbocycles. The summed E-state index contributed by atoms with van der Waals surface area (Å²) in [5, 5.41) is 5.88. The lowest BCUT2D eigenvalue weighted by Gasteiger charge is -2.18. The lowest BCUT2D eigenvalue weighted by molar-refractivity contribution is -0.115. The van der Waals surface area contributed by atoms with E-state index in [9.17, 15) is 9.59 Å². The fourth-order valence-electron chi connectivity index (χ4n) is 3.23. The standard InChI is InChI=1S/C25H27N3O2/c1-28(2)23-14-13-21(27-24(29)17-20-11-7-4-8-12-20)18-22(23)25(30)26-16-15-19-9-5-3-6-10-19/h3-14,18H,15-17H2,1-2H3,(H,26,30)(H,27,29). The van der Waals surface area contributed by atoms with Crippen LogP contribution in [0.3, 0.4) is 0 Å². The second kappa shape index (κ2) is 10.3. The van der Waals surface area contributed by atoms with Gasteiger partial charge in [-0.3, -0.25) is 9.59 Å². The summed E-state index contributed by atoms with van der Waals surface area (Å²) in [6.07, 6.45) is 1.05. The molecule has 0 aromatic heterocycles. The molecule has 5 heteroatoms. The first kappa shape index (κ1) is 21.1. The van der Waals surface area contributed by atoms with E-state index in [1.807, 2.05) is 91.8 Å². The maximum atomic E-state index is 12.8. The third-order valence-electron chi connectivity index (χ3n) is 4.76. The van der Waals surface area contributed by atoms with Crippen LogP contribution in [0.4, 0.5) is 11.4 Å². The van der Waals surface area contributed by atoms with Gasteiger partial charge in [-0.1, -0.05) is 60.7 Å². The zero-order chi connectivity index (χ0) is 21.3. The van der Waals surface area contributed by atoms with E-state index < -0.39 is 0 Å². The summed E-state index contributed by atoms with van der Waals surface area (Å²) in [6, 6.07) is 25.0. The molecule has 0 aliphatic carbocycles. The van der Waals surface area contributed by atoms with Crippen molar-refractivity contribution < 1.29 is 9.59 Å². The van der Waals surface area contributed by atoms with Gasteiger partial charge in [-0.05, 0) is 35.7 Å². The quantitative estimate of drug-likeness (QED) is 0.602. The molecule has 2 amide bonds. The largest absolute Gasteiger partial charge is 0.377 e. The Hall–Kier alpha value is -3.60.